The molecule has 0 aliphatic carbocycles. The molecule has 4 N–H and O–H groups in total. The Morgan fingerprint density at radius 3 is 2.13 bits per heavy atom. The normalized spacial score (nSPS) is 11.1. The van der Waals surface area contributed by atoms with Gasteiger partial charge in [-0.3, -0.25) is 4.72 Å². The Kier molecular flexibility index (Phi) is 3.69. The Bertz CT molecular complexity index is 417. The second-order valence-corrected chi connectivity index (χ2v) is 4.42. The van der Waals surface area contributed by atoms with Gasteiger partial charge in [0.05, 0.1) is 0 Å². The molecule has 0 bridgehead atoms. The summed E-state index contributed by atoms with van der Waals surface area (Å²) in [5.41, 5.74) is 0.635. The first-order chi connectivity index (χ1) is 6.94. The number of benzene rings is 1. The van der Waals surface area contributed by atoms with Crippen LogP contribution in [0.2, 0.25) is 0 Å². The lowest BCUT2D eigenvalue weighted by atomic mass is 9.80. The second-order valence-electron chi connectivity index (χ2n) is 2.81. The van der Waals surface area contributed by atoms with Crippen LogP contribution in [0.1, 0.15) is 0 Å². The van der Waals surface area contributed by atoms with Crippen molar-refractivity contribution >= 4 is 28.5 Å². The van der Waals surface area contributed by atoms with E-state index in [1.807, 2.05) is 0 Å². The average Bonchev–Trinajstić information content (AvgIpc) is 2.18. The zero-order valence-electron chi connectivity index (χ0n) is 8.01. The summed E-state index contributed by atoms with van der Waals surface area (Å²) in [6.07, 6.45) is 0. The number of nitrogens with one attached hydrogen (secondary N) is 2. The third kappa shape index (κ3) is 3.52. The molecule has 15 heavy (non-hydrogen) atoms. The van der Waals surface area contributed by atoms with Crippen LogP contribution in [-0.4, -0.2) is 32.6 Å². The van der Waals surface area contributed by atoms with E-state index in [9.17, 15) is 8.42 Å². The lowest BCUT2D eigenvalue weighted by Crippen LogP contribution is -2.30. The van der Waals surface area contributed by atoms with Crippen LogP contribution in [0.3, 0.4) is 0 Å². The quantitative estimate of drug-likeness (QED) is 0.460. The molecule has 82 valence electrons. The molecule has 0 saturated carbocycles. The van der Waals surface area contributed by atoms with Gasteiger partial charge in [0.15, 0.2) is 0 Å². The fourth-order valence-electron chi connectivity index (χ4n) is 0.929. The summed E-state index contributed by atoms with van der Waals surface area (Å²) >= 11 is 0. The van der Waals surface area contributed by atoms with Gasteiger partial charge in [-0.1, -0.05) is 12.1 Å². The van der Waals surface area contributed by atoms with Gasteiger partial charge in [0.2, 0.25) is 0 Å². The van der Waals surface area contributed by atoms with Gasteiger partial charge in [0, 0.05) is 12.7 Å². The van der Waals surface area contributed by atoms with Crippen molar-refractivity contribution in [3.63, 3.8) is 0 Å². The van der Waals surface area contributed by atoms with E-state index in [1.54, 1.807) is 0 Å². The highest BCUT2D eigenvalue weighted by Gasteiger charge is 2.11. The minimum absolute atomic E-state index is 0.294. The van der Waals surface area contributed by atoms with E-state index in [0.29, 0.717) is 11.2 Å². The van der Waals surface area contributed by atoms with Gasteiger partial charge in [-0.2, -0.15) is 8.42 Å². The first kappa shape index (κ1) is 12.0. The van der Waals surface area contributed by atoms with E-state index in [1.165, 1.54) is 31.3 Å². The molecule has 1 rings (SSSR count). The van der Waals surface area contributed by atoms with Crippen LogP contribution >= 0.6 is 0 Å². The summed E-state index contributed by atoms with van der Waals surface area (Å²) in [6, 6.07) is 5.70. The van der Waals surface area contributed by atoms with Crippen LogP contribution in [0.15, 0.2) is 24.3 Å². The topological polar surface area (TPSA) is 98.7 Å². The molecule has 0 aliphatic rings. The van der Waals surface area contributed by atoms with Gasteiger partial charge in [-0.15, -0.1) is 0 Å². The number of anilines is 1. The fourth-order valence-corrected chi connectivity index (χ4v) is 1.48. The van der Waals surface area contributed by atoms with E-state index in [2.05, 4.69) is 9.44 Å². The molecule has 0 spiro atoms. The first-order valence-corrected chi connectivity index (χ1v) is 5.60. The van der Waals surface area contributed by atoms with Crippen molar-refractivity contribution < 1.29 is 18.5 Å². The highest BCUT2D eigenvalue weighted by atomic mass is 32.2. The van der Waals surface area contributed by atoms with E-state index < -0.39 is 17.3 Å². The van der Waals surface area contributed by atoms with Crippen LogP contribution in [-0.2, 0) is 10.2 Å². The van der Waals surface area contributed by atoms with Crippen molar-refractivity contribution in [1.82, 2.24) is 4.72 Å². The lowest BCUT2D eigenvalue weighted by Gasteiger charge is -2.06. The lowest BCUT2D eigenvalue weighted by molar-refractivity contribution is 0.426. The molecule has 1 aromatic rings. The predicted octanol–water partition coefficient (Wildman–Crippen LogP) is -1.76. The molecule has 0 saturated heterocycles. The van der Waals surface area contributed by atoms with Gasteiger partial charge >= 0.3 is 7.12 Å². The molecule has 1 aromatic carbocycles. The maximum Gasteiger partial charge on any atom is 0.488 e. The number of hydrogen-bond acceptors (Lipinski definition) is 4. The monoisotopic (exact) mass is 230 g/mol. The van der Waals surface area contributed by atoms with Crippen LogP contribution in [0, 0.1) is 0 Å². The summed E-state index contributed by atoms with van der Waals surface area (Å²) < 4.78 is 26.5. The van der Waals surface area contributed by atoms with E-state index in [4.69, 9.17) is 10.0 Å². The Balaban J connectivity index is 2.82. The fraction of sp³-hybridized carbons (Fsp3) is 0.143. The van der Waals surface area contributed by atoms with Gasteiger partial charge < -0.3 is 10.0 Å². The third-order valence-electron chi connectivity index (χ3n) is 1.73. The van der Waals surface area contributed by atoms with E-state index >= 15 is 0 Å². The molecule has 0 heterocycles. The molecule has 0 unspecified atom stereocenters. The van der Waals surface area contributed by atoms with Crippen molar-refractivity contribution in [2.24, 2.45) is 0 Å². The maximum absolute atomic E-state index is 11.1. The van der Waals surface area contributed by atoms with Gasteiger partial charge in [-0.25, -0.2) is 4.72 Å². The Labute approximate surface area is 88.3 Å². The van der Waals surface area contributed by atoms with E-state index in [0.717, 1.165) is 0 Å². The van der Waals surface area contributed by atoms with Gasteiger partial charge in [0.25, 0.3) is 10.2 Å². The van der Waals surface area contributed by atoms with Crippen molar-refractivity contribution in [2.75, 3.05) is 11.8 Å². The molecule has 0 aliphatic heterocycles. The Morgan fingerprint density at radius 2 is 1.73 bits per heavy atom. The smallest absolute Gasteiger partial charge is 0.423 e. The highest BCUT2D eigenvalue weighted by molar-refractivity contribution is 7.90. The van der Waals surface area contributed by atoms with Crippen LogP contribution in [0.25, 0.3) is 0 Å². The van der Waals surface area contributed by atoms with Crippen molar-refractivity contribution in [1.29, 1.82) is 0 Å². The number of rotatable bonds is 4. The molecule has 0 aromatic heterocycles. The second kappa shape index (κ2) is 4.62. The molecular formula is C7H11BN2O4S. The standard InChI is InChI=1S/C7H11BN2O4S/c1-9-15(13,14)10-7-4-2-6(3-5-7)8(11)12/h2-5,9-12H,1H3. The zero-order valence-corrected chi connectivity index (χ0v) is 8.82. The molecule has 8 heteroatoms. The molecule has 0 amide bonds. The van der Waals surface area contributed by atoms with Crippen LogP contribution < -0.4 is 14.9 Å². The molecule has 0 atom stereocenters. The van der Waals surface area contributed by atoms with Crippen molar-refractivity contribution in [2.45, 2.75) is 0 Å². The highest BCUT2D eigenvalue weighted by Crippen LogP contribution is 2.05. The van der Waals surface area contributed by atoms with Crippen molar-refractivity contribution in [3.8, 4) is 0 Å². The largest absolute Gasteiger partial charge is 0.488 e. The SMILES string of the molecule is CNS(=O)(=O)Nc1ccc(B(O)O)cc1. The maximum atomic E-state index is 11.1. The summed E-state index contributed by atoms with van der Waals surface area (Å²) in [4.78, 5) is 0. The molecule has 0 radical (unpaired) electrons. The average molecular weight is 230 g/mol. The number of hydrogen-bond donors (Lipinski definition) is 4. The summed E-state index contributed by atoms with van der Waals surface area (Å²) in [5, 5.41) is 17.6. The molecule has 0 fully saturated rings. The predicted molar refractivity (Wildman–Crippen MR) is 57.9 cm³/mol. The minimum Gasteiger partial charge on any atom is -0.423 e. The molecular weight excluding hydrogens is 219 g/mol. The van der Waals surface area contributed by atoms with Gasteiger partial charge in [0.1, 0.15) is 0 Å². The summed E-state index contributed by atoms with van der Waals surface area (Å²) in [6.45, 7) is 0. The summed E-state index contributed by atoms with van der Waals surface area (Å²) in [5.74, 6) is 0. The third-order valence-corrected chi connectivity index (χ3v) is 2.77. The Morgan fingerprint density at radius 1 is 1.20 bits per heavy atom. The van der Waals surface area contributed by atoms with Crippen LogP contribution in [0.5, 0.6) is 0 Å². The first-order valence-electron chi connectivity index (χ1n) is 4.12. The van der Waals surface area contributed by atoms with E-state index in [-0.39, 0.29) is 0 Å². The van der Waals surface area contributed by atoms with Crippen molar-refractivity contribution in [3.05, 3.63) is 24.3 Å². The van der Waals surface area contributed by atoms with Gasteiger partial charge in [-0.05, 0) is 17.6 Å². The minimum atomic E-state index is -3.53. The zero-order chi connectivity index (χ0) is 11.5. The molecule has 6 nitrogen and oxygen atoms in total. The van der Waals surface area contributed by atoms with Crippen LogP contribution in [0.4, 0.5) is 5.69 Å². The Hall–Kier alpha value is -1.09. The summed E-state index contributed by atoms with van der Waals surface area (Å²) in [7, 11) is -3.80.